The Labute approximate surface area is 135 Å². The van der Waals surface area contributed by atoms with Crippen LogP contribution in [0.2, 0.25) is 0 Å². The van der Waals surface area contributed by atoms with E-state index in [1.165, 1.54) is 5.56 Å². The van der Waals surface area contributed by atoms with E-state index in [-0.39, 0.29) is 0 Å². The first-order chi connectivity index (χ1) is 11.1. The smallest absolute Gasteiger partial charge is 0.338 e. The highest BCUT2D eigenvalue weighted by atomic mass is 16.5. The second-order valence-electron chi connectivity index (χ2n) is 5.69. The van der Waals surface area contributed by atoms with E-state index in [4.69, 9.17) is 9.47 Å². The van der Waals surface area contributed by atoms with Crippen molar-refractivity contribution < 1.29 is 14.3 Å². The minimum Gasteiger partial charge on any atom is -0.478 e. The Balaban J connectivity index is 1.71. The van der Waals surface area contributed by atoms with E-state index < -0.39 is 5.97 Å². The van der Waals surface area contributed by atoms with Gasteiger partial charge in [0.1, 0.15) is 18.2 Å². The Morgan fingerprint density at radius 2 is 2.04 bits per heavy atom. The van der Waals surface area contributed by atoms with Crippen molar-refractivity contribution >= 4 is 5.97 Å². The lowest BCUT2D eigenvalue weighted by Gasteiger charge is -2.29. The molecule has 2 aromatic carbocycles. The van der Waals surface area contributed by atoms with Crippen LogP contribution >= 0.6 is 0 Å². The molecule has 1 aliphatic rings. The molecular formula is C19H19NO3. The summed E-state index contributed by atoms with van der Waals surface area (Å²) in [7, 11) is 0. The van der Waals surface area contributed by atoms with Gasteiger partial charge in [0.05, 0.1) is 0 Å². The first-order valence-electron chi connectivity index (χ1n) is 7.51. The Kier molecular flexibility index (Phi) is 4.44. The van der Waals surface area contributed by atoms with Gasteiger partial charge < -0.3 is 9.47 Å². The number of benzene rings is 2. The van der Waals surface area contributed by atoms with Crippen LogP contribution in [0.1, 0.15) is 18.1 Å². The highest BCUT2D eigenvalue weighted by Gasteiger charge is 2.18. The number of hydrogen-bond acceptors (Lipinski definition) is 4. The SMILES string of the molecule is C=C(C)C(=O)Oc1ccc2c(c1)CN(Cc1ccccc1)CO2. The molecule has 0 atom stereocenters. The zero-order chi connectivity index (χ0) is 16.2. The molecule has 0 saturated heterocycles. The predicted octanol–water partition coefficient (Wildman–Crippen LogP) is 3.52. The highest BCUT2D eigenvalue weighted by molar-refractivity contribution is 5.88. The maximum absolute atomic E-state index is 11.6. The molecule has 23 heavy (non-hydrogen) atoms. The van der Waals surface area contributed by atoms with Gasteiger partial charge >= 0.3 is 5.97 Å². The minimum absolute atomic E-state index is 0.379. The van der Waals surface area contributed by atoms with Gasteiger partial charge in [0.2, 0.25) is 0 Å². The van der Waals surface area contributed by atoms with Crippen LogP contribution in [-0.2, 0) is 17.9 Å². The molecule has 0 fully saturated rings. The van der Waals surface area contributed by atoms with E-state index in [1.54, 1.807) is 13.0 Å². The Hall–Kier alpha value is -2.59. The van der Waals surface area contributed by atoms with Crippen LogP contribution in [0.5, 0.6) is 11.5 Å². The number of rotatable bonds is 4. The number of esters is 1. The first-order valence-corrected chi connectivity index (χ1v) is 7.51. The van der Waals surface area contributed by atoms with E-state index in [0.717, 1.165) is 24.4 Å². The van der Waals surface area contributed by atoms with E-state index in [0.29, 0.717) is 18.1 Å². The molecular weight excluding hydrogens is 290 g/mol. The summed E-state index contributed by atoms with van der Waals surface area (Å²) in [6.45, 7) is 7.34. The van der Waals surface area contributed by atoms with E-state index >= 15 is 0 Å². The van der Waals surface area contributed by atoms with Gasteiger partial charge in [-0.15, -0.1) is 0 Å². The fourth-order valence-corrected chi connectivity index (χ4v) is 2.47. The number of hydrogen-bond donors (Lipinski definition) is 0. The molecule has 4 heteroatoms. The molecule has 2 aromatic rings. The molecule has 0 aromatic heterocycles. The molecule has 0 saturated carbocycles. The number of fused-ring (bicyclic) bond motifs is 1. The van der Waals surface area contributed by atoms with Gasteiger partial charge in [-0.2, -0.15) is 0 Å². The van der Waals surface area contributed by atoms with Crippen LogP contribution in [-0.4, -0.2) is 17.6 Å². The zero-order valence-electron chi connectivity index (χ0n) is 13.1. The summed E-state index contributed by atoms with van der Waals surface area (Å²) in [6, 6.07) is 15.7. The average Bonchev–Trinajstić information content (AvgIpc) is 2.55. The van der Waals surface area contributed by atoms with Crippen molar-refractivity contribution in [3.8, 4) is 11.5 Å². The first kappa shape index (κ1) is 15.3. The molecule has 0 bridgehead atoms. The van der Waals surface area contributed by atoms with E-state index in [1.807, 2.05) is 30.3 Å². The van der Waals surface area contributed by atoms with Crippen molar-refractivity contribution in [2.24, 2.45) is 0 Å². The van der Waals surface area contributed by atoms with Crippen molar-refractivity contribution in [1.29, 1.82) is 0 Å². The van der Waals surface area contributed by atoms with Crippen LogP contribution in [0.3, 0.4) is 0 Å². The lowest BCUT2D eigenvalue weighted by molar-refractivity contribution is -0.130. The van der Waals surface area contributed by atoms with Gasteiger partial charge in [0.15, 0.2) is 0 Å². The summed E-state index contributed by atoms with van der Waals surface area (Å²) in [4.78, 5) is 13.8. The third-order valence-electron chi connectivity index (χ3n) is 3.64. The maximum atomic E-state index is 11.6. The fraction of sp³-hybridized carbons (Fsp3) is 0.211. The number of carbonyl (C=O) groups excluding carboxylic acids is 1. The van der Waals surface area contributed by atoms with Crippen LogP contribution in [0.15, 0.2) is 60.7 Å². The monoisotopic (exact) mass is 309 g/mol. The molecule has 0 unspecified atom stereocenters. The lowest BCUT2D eigenvalue weighted by atomic mass is 10.1. The minimum atomic E-state index is -0.414. The molecule has 0 radical (unpaired) electrons. The van der Waals surface area contributed by atoms with Gasteiger partial charge in [-0.25, -0.2) is 4.79 Å². The summed E-state index contributed by atoms with van der Waals surface area (Å²) in [5.41, 5.74) is 2.63. The molecule has 0 spiro atoms. The van der Waals surface area contributed by atoms with Gasteiger partial charge in [-0.05, 0) is 30.7 Å². The maximum Gasteiger partial charge on any atom is 0.338 e. The summed E-state index contributed by atoms with van der Waals surface area (Å²) in [6.07, 6.45) is 0. The topological polar surface area (TPSA) is 38.8 Å². The molecule has 118 valence electrons. The molecule has 1 aliphatic heterocycles. The van der Waals surface area contributed by atoms with Gasteiger partial charge in [0.25, 0.3) is 0 Å². The standard InChI is InChI=1S/C19H19NO3/c1-14(2)19(21)23-17-8-9-18-16(10-17)12-20(13-22-18)11-15-6-4-3-5-7-15/h3-10H,1,11-13H2,2H3. The molecule has 0 aliphatic carbocycles. The third-order valence-corrected chi connectivity index (χ3v) is 3.64. The number of carbonyl (C=O) groups is 1. The van der Waals surface area contributed by atoms with Crippen molar-refractivity contribution in [3.63, 3.8) is 0 Å². The van der Waals surface area contributed by atoms with Gasteiger partial charge in [-0.1, -0.05) is 36.9 Å². The fourth-order valence-electron chi connectivity index (χ4n) is 2.47. The number of nitrogens with zero attached hydrogens (tertiary/aromatic N) is 1. The summed E-state index contributed by atoms with van der Waals surface area (Å²) >= 11 is 0. The highest BCUT2D eigenvalue weighted by Crippen LogP contribution is 2.29. The van der Waals surface area contributed by atoms with Gasteiger partial charge in [-0.3, -0.25) is 4.90 Å². The van der Waals surface area contributed by atoms with Crippen LogP contribution in [0.25, 0.3) is 0 Å². The van der Waals surface area contributed by atoms with Gasteiger partial charge in [0, 0.05) is 24.2 Å². The third kappa shape index (κ3) is 3.79. The summed E-state index contributed by atoms with van der Waals surface area (Å²) in [5, 5.41) is 0. The summed E-state index contributed by atoms with van der Waals surface area (Å²) < 4.78 is 11.1. The Morgan fingerprint density at radius 1 is 1.26 bits per heavy atom. The Bertz CT molecular complexity index is 725. The van der Waals surface area contributed by atoms with Crippen molar-refractivity contribution in [2.75, 3.05) is 6.73 Å². The van der Waals surface area contributed by atoms with Crippen LogP contribution in [0.4, 0.5) is 0 Å². The quantitative estimate of drug-likeness (QED) is 0.492. The summed E-state index contributed by atoms with van der Waals surface area (Å²) in [5.74, 6) is 0.939. The van der Waals surface area contributed by atoms with Crippen molar-refractivity contribution in [2.45, 2.75) is 20.0 Å². The molecule has 0 amide bonds. The second kappa shape index (κ2) is 6.67. The normalized spacial score (nSPS) is 13.8. The second-order valence-corrected chi connectivity index (χ2v) is 5.69. The molecule has 4 nitrogen and oxygen atoms in total. The Morgan fingerprint density at radius 3 is 2.78 bits per heavy atom. The largest absolute Gasteiger partial charge is 0.478 e. The van der Waals surface area contributed by atoms with E-state index in [9.17, 15) is 4.79 Å². The zero-order valence-corrected chi connectivity index (χ0v) is 13.1. The molecule has 1 heterocycles. The predicted molar refractivity (Wildman–Crippen MR) is 88.1 cm³/mol. The molecule has 3 rings (SSSR count). The van der Waals surface area contributed by atoms with Crippen molar-refractivity contribution in [1.82, 2.24) is 4.90 Å². The average molecular weight is 309 g/mol. The van der Waals surface area contributed by atoms with Crippen LogP contribution in [0, 0.1) is 0 Å². The van der Waals surface area contributed by atoms with E-state index in [2.05, 4.69) is 23.6 Å². The number of ether oxygens (including phenoxy) is 2. The lowest BCUT2D eigenvalue weighted by Crippen LogP contribution is -2.31. The van der Waals surface area contributed by atoms with Crippen LogP contribution < -0.4 is 9.47 Å². The molecule has 0 N–H and O–H groups in total. The van der Waals surface area contributed by atoms with Crippen molar-refractivity contribution in [3.05, 3.63) is 71.8 Å².